The number of nitriles is 1. The van der Waals surface area contributed by atoms with E-state index in [1.807, 2.05) is 0 Å². The van der Waals surface area contributed by atoms with Crippen molar-refractivity contribution in [2.45, 2.75) is 37.0 Å². The normalized spacial score (nSPS) is 31.3. The molecule has 0 unspecified atom stereocenters. The van der Waals surface area contributed by atoms with E-state index >= 15 is 0 Å². The SMILES string of the molecule is N#CC1(N2CCNCC2)CCC2(CC1)OCCO2. The van der Waals surface area contributed by atoms with Crippen molar-refractivity contribution >= 4 is 0 Å². The number of nitrogens with zero attached hydrogens (tertiary/aromatic N) is 2. The van der Waals surface area contributed by atoms with Gasteiger partial charge in [-0.15, -0.1) is 0 Å². The Labute approximate surface area is 108 Å². The van der Waals surface area contributed by atoms with Gasteiger partial charge in [-0.05, 0) is 12.8 Å². The average molecular weight is 251 g/mol. The molecule has 1 spiro atoms. The molecule has 18 heavy (non-hydrogen) atoms. The Bertz CT molecular complexity index is 331. The fourth-order valence-electron chi connectivity index (χ4n) is 3.42. The fourth-order valence-corrected chi connectivity index (χ4v) is 3.42. The average Bonchev–Trinajstić information content (AvgIpc) is 2.90. The standard InChI is InChI=1S/C13H21N3O2/c14-11-12(16-7-5-15-6-8-16)1-3-13(4-2-12)17-9-10-18-13/h15H,1-10H2. The minimum Gasteiger partial charge on any atom is -0.348 e. The Morgan fingerprint density at radius 2 is 1.61 bits per heavy atom. The molecule has 2 aliphatic heterocycles. The predicted octanol–water partition coefficient (Wildman–Crippen LogP) is 0.471. The first kappa shape index (κ1) is 12.4. The maximum Gasteiger partial charge on any atom is 0.168 e. The molecule has 0 atom stereocenters. The molecule has 0 amide bonds. The van der Waals surface area contributed by atoms with E-state index in [9.17, 15) is 5.26 Å². The van der Waals surface area contributed by atoms with Crippen LogP contribution in [0.4, 0.5) is 0 Å². The number of hydrogen-bond donors (Lipinski definition) is 1. The predicted molar refractivity (Wildman–Crippen MR) is 65.9 cm³/mol. The molecule has 100 valence electrons. The number of ether oxygens (including phenoxy) is 2. The minimum absolute atomic E-state index is 0.289. The van der Waals surface area contributed by atoms with E-state index in [-0.39, 0.29) is 11.3 Å². The zero-order valence-corrected chi connectivity index (χ0v) is 10.8. The van der Waals surface area contributed by atoms with Crippen LogP contribution in [-0.4, -0.2) is 55.6 Å². The highest BCUT2D eigenvalue weighted by atomic mass is 16.7. The van der Waals surface area contributed by atoms with Gasteiger partial charge in [-0.2, -0.15) is 5.26 Å². The summed E-state index contributed by atoms with van der Waals surface area (Å²) < 4.78 is 11.5. The summed E-state index contributed by atoms with van der Waals surface area (Å²) in [6, 6.07) is 2.58. The summed E-state index contributed by atoms with van der Waals surface area (Å²) in [4.78, 5) is 2.35. The first-order chi connectivity index (χ1) is 8.79. The second kappa shape index (κ2) is 4.78. The largest absolute Gasteiger partial charge is 0.348 e. The summed E-state index contributed by atoms with van der Waals surface area (Å²) >= 11 is 0. The first-order valence-electron chi connectivity index (χ1n) is 6.94. The molecule has 1 N–H and O–H groups in total. The third-order valence-electron chi connectivity index (χ3n) is 4.58. The zero-order valence-electron chi connectivity index (χ0n) is 10.8. The molecule has 3 rings (SSSR count). The quantitative estimate of drug-likeness (QED) is 0.734. The van der Waals surface area contributed by atoms with Crippen LogP contribution in [0.1, 0.15) is 25.7 Å². The van der Waals surface area contributed by atoms with Gasteiger partial charge in [0.15, 0.2) is 5.79 Å². The van der Waals surface area contributed by atoms with Crippen LogP contribution in [0.25, 0.3) is 0 Å². The maximum atomic E-state index is 9.63. The van der Waals surface area contributed by atoms with Gasteiger partial charge in [-0.3, -0.25) is 4.90 Å². The molecule has 3 aliphatic rings. The lowest BCUT2D eigenvalue weighted by Gasteiger charge is -2.47. The van der Waals surface area contributed by atoms with Crippen LogP contribution < -0.4 is 5.32 Å². The molecule has 0 radical (unpaired) electrons. The topological polar surface area (TPSA) is 57.5 Å². The van der Waals surface area contributed by atoms with Gasteiger partial charge in [0.25, 0.3) is 0 Å². The summed E-state index contributed by atoms with van der Waals surface area (Å²) in [6.45, 7) is 5.33. The van der Waals surface area contributed by atoms with Crippen molar-refractivity contribution in [3.8, 4) is 6.07 Å². The first-order valence-corrected chi connectivity index (χ1v) is 6.94. The lowest BCUT2D eigenvalue weighted by Crippen LogP contribution is -2.58. The van der Waals surface area contributed by atoms with Gasteiger partial charge in [0.1, 0.15) is 5.54 Å². The molecule has 3 fully saturated rings. The molecule has 1 aliphatic carbocycles. The van der Waals surface area contributed by atoms with E-state index < -0.39 is 0 Å². The van der Waals surface area contributed by atoms with E-state index in [0.29, 0.717) is 13.2 Å². The second-order valence-corrected chi connectivity index (χ2v) is 5.49. The maximum absolute atomic E-state index is 9.63. The van der Waals surface area contributed by atoms with Gasteiger partial charge >= 0.3 is 0 Å². The van der Waals surface area contributed by atoms with Crippen molar-refractivity contribution in [1.29, 1.82) is 5.26 Å². The van der Waals surface area contributed by atoms with Gasteiger partial charge in [0.2, 0.25) is 0 Å². The van der Waals surface area contributed by atoms with Gasteiger partial charge in [0.05, 0.1) is 19.3 Å². The molecule has 2 heterocycles. The third-order valence-corrected chi connectivity index (χ3v) is 4.58. The lowest BCUT2D eigenvalue weighted by atomic mass is 9.78. The highest BCUT2D eigenvalue weighted by Crippen LogP contribution is 2.42. The van der Waals surface area contributed by atoms with E-state index in [2.05, 4.69) is 16.3 Å². The van der Waals surface area contributed by atoms with Crippen LogP contribution in [0.3, 0.4) is 0 Å². The Kier molecular flexibility index (Phi) is 3.29. The molecule has 1 saturated carbocycles. The van der Waals surface area contributed by atoms with Crippen molar-refractivity contribution in [2.24, 2.45) is 0 Å². The Morgan fingerprint density at radius 3 is 2.17 bits per heavy atom. The van der Waals surface area contributed by atoms with Crippen LogP contribution in [0.2, 0.25) is 0 Å². The van der Waals surface area contributed by atoms with Crippen LogP contribution in [0, 0.1) is 11.3 Å². The number of nitrogens with one attached hydrogen (secondary N) is 1. The third kappa shape index (κ3) is 2.04. The highest BCUT2D eigenvalue weighted by Gasteiger charge is 2.49. The molecule has 5 nitrogen and oxygen atoms in total. The van der Waals surface area contributed by atoms with Gasteiger partial charge < -0.3 is 14.8 Å². The minimum atomic E-state index is -0.367. The van der Waals surface area contributed by atoms with Crippen molar-refractivity contribution in [3.63, 3.8) is 0 Å². The van der Waals surface area contributed by atoms with Crippen molar-refractivity contribution in [2.75, 3.05) is 39.4 Å². The molecule has 0 aromatic carbocycles. The molecule has 5 heteroatoms. The van der Waals surface area contributed by atoms with Crippen LogP contribution >= 0.6 is 0 Å². The molecule has 0 aromatic rings. The summed E-state index contributed by atoms with van der Waals surface area (Å²) in [5.41, 5.74) is -0.289. The molecule has 2 saturated heterocycles. The Hall–Kier alpha value is -0.670. The van der Waals surface area contributed by atoms with Crippen molar-refractivity contribution in [1.82, 2.24) is 10.2 Å². The smallest absolute Gasteiger partial charge is 0.168 e. The molecular weight excluding hydrogens is 230 g/mol. The molecule has 0 aromatic heterocycles. The van der Waals surface area contributed by atoms with Gasteiger partial charge in [-0.25, -0.2) is 0 Å². The lowest BCUT2D eigenvalue weighted by molar-refractivity contribution is -0.189. The van der Waals surface area contributed by atoms with E-state index in [1.165, 1.54) is 0 Å². The number of piperazine rings is 1. The monoisotopic (exact) mass is 251 g/mol. The highest BCUT2D eigenvalue weighted by molar-refractivity contribution is 5.12. The number of hydrogen-bond acceptors (Lipinski definition) is 5. The van der Waals surface area contributed by atoms with E-state index in [0.717, 1.165) is 51.9 Å². The summed E-state index contributed by atoms with van der Waals surface area (Å²) in [5, 5.41) is 13.0. The van der Waals surface area contributed by atoms with Crippen LogP contribution in [-0.2, 0) is 9.47 Å². The van der Waals surface area contributed by atoms with Crippen LogP contribution in [0.15, 0.2) is 0 Å². The van der Waals surface area contributed by atoms with Crippen LogP contribution in [0.5, 0.6) is 0 Å². The van der Waals surface area contributed by atoms with Gasteiger partial charge in [-0.1, -0.05) is 0 Å². The fraction of sp³-hybridized carbons (Fsp3) is 0.923. The van der Waals surface area contributed by atoms with Crippen molar-refractivity contribution < 1.29 is 9.47 Å². The van der Waals surface area contributed by atoms with Crippen molar-refractivity contribution in [3.05, 3.63) is 0 Å². The zero-order chi connectivity index (χ0) is 12.5. The summed E-state index contributed by atoms with van der Waals surface area (Å²) in [6.07, 6.45) is 3.43. The Balaban J connectivity index is 1.69. The van der Waals surface area contributed by atoms with Gasteiger partial charge in [0, 0.05) is 39.0 Å². The Morgan fingerprint density at radius 1 is 1.00 bits per heavy atom. The number of rotatable bonds is 1. The van der Waals surface area contributed by atoms with E-state index in [1.54, 1.807) is 0 Å². The summed E-state index contributed by atoms with van der Waals surface area (Å²) in [5.74, 6) is -0.367. The summed E-state index contributed by atoms with van der Waals surface area (Å²) in [7, 11) is 0. The second-order valence-electron chi connectivity index (χ2n) is 5.49. The molecule has 0 bridgehead atoms. The van der Waals surface area contributed by atoms with E-state index in [4.69, 9.17) is 9.47 Å². The molecular formula is C13H21N3O2.